The fourth-order valence-electron chi connectivity index (χ4n) is 3.49. The molecule has 8 nitrogen and oxygen atoms in total. The molecule has 0 aromatic heterocycles. The summed E-state index contributed by atoms with van der Waals surface area (Å²) in [5.41, 5.74) is 2.77. The summed E-state index contributed by atoms with van der Waals surface area (Å²) < 4.78 is 39.9. The zero-order chi connectivity index (χ0) is 24.4. The van der Waals surface area contributed by atoms with Crippen LogP contribution in [-0.2, 0) is 19.6 Å². The lowest BCUT2D eigenvalue weighted by Gasteiger charge is -2.28. The van der Waals surface area contributed by atoms with Gasteiger partial charge in [0.25, 0.3) is 16.5 Å². The summed E-state index contributed by atoms with van der Waals surface area (Å²) in [6.45, 7) is 10.9. The van der Waals surface area contributed by atoms with E-state index in [4.69, 9.17) is 19.4 Å². The monoisotopic (exact) mass is 478 g/mol. The highest BCUT2D eigenvalue weighted by Gasteiger charge is 2.27. The van der Waals surface area contributed by atoms with E-state index in [0.29, 0.717) is 25.5 Å². The van der Waals surface area contributed by atoms with Crippen LogP contribution in [-0.4, -0.2) is 58.9 Å². The molecule has 3 rings (SSSR count). The largest absolute Gasteiger partial charge is 0.491 e. The topological polar surface area (TPSA) is 105 Å². The third-order valence-electron chi connectivity index (χ3n) is 5.00. The molecule has 1 fully saturated rings. The van der Waals surface area contributed by atoms with Crippen LogP contribution in [0.5, 0.6) is 5.75 Å². The molecule has 33 heavy (non-hydrogen) atoms. The average molecular weight is 479 g/mol. The summed E-state index contributed by atoms with van der Waals surface area (Å²) in [6.07, 6.45) is 0.00760. The minimum atomic E-state index is -3.69. The van der Waals surface area contributed by atoms with Gasteiger partial charge in [-0.3, -0.25) is 9.10 Å². The molecule has 1 saturated heterocycles. The zero-order valence-electron chi connectivity index (χ0n) is 19.7. The van der Waals surface area contributed by atoms with E-state index in [9.17, 15) is 8.42 Å². The van der Waals surface area contributed by atoms with E-state index in [2.05, 4.69) is 5.32 Å². The first-order valence-corrected chi connectivity index (χ1v) is 12.4. The Morgan fingerprint density at radius 3 is 2.42 bits per heavy atom. The Bertz CT molecular complexity index is 987. The van der Waals surface area contributed by atoms with Gasteiger partial charge < -0.3 is 19.9 Å². The zero-order valence-corrected chi connectivity index (χ0v) is 20.5. The number of anilines is 1. The van der Waals surface area contributed by atoms with Crippen LogP contribution in [0.15, 0.2) is 47.4 Å². The number of carboxylic acid groups (broad SMARTS) is 1. The first kappa shape index (κ1) is 26.6. The molecule has 1 heterocycles. The van der Waals surface area contributed by atoms with Crippen molar-refractivity contribution in [2.45, 2.75) is 38.7 Å². The van der Waals surface area contributed by atoms with E-state index in [0.717, 1.165) is 29.9 Å². The highest BCUT2D eigenvalue weighted by molar-refractivity contribution is 7.92. The van der Waals surface area contributed by atoms with Crippen molar-refractivity contribution in [1.29, 1.82) is 0 Å². The van der Waals surface area contributed by atoms with Gasteiger partial charge in [0.15, 0.2) is 0 Å². The van der Waals surface area contributed by atoms with Crippen molar-refractivity contribution in [3.05, 3.63) is 53.6 Å². The molecule has 1 aliphatic heterocycles. The number of morpholine rings is 1. The molecule has 1 aliphatic rings. The predicted octanol–water partition coefficient (Wildman–Crippen LogP) is 3.22. The predicted molar refractivity (Wildman–Crippen MR) is 129 cm³/mol. The first-order valence-electron chi connectivity index (χ1n) is 10.9. The highest BCUT2D eigenvalue weighted by atomic mass is 32.2. The maximum Gasteiger partial charge on any atom is 0.290 e. The summed E-state index contributed by atoms with van der Waals surface area (Å²) in [5, 5.41) is 10.2. The standard InChI is InChI=1S/C23H32N2O4S.CH2O2/c1-17(2)15-25(23-10-5-18(3)13-19(23)4)30(26,27)22-8-6-20(7-9-22)29-16-21-14-24-11-12-28-21;2-1-3/h5-10,13,17,21,24H,11-12,14-16H2,1-4H3;1H,(H,2,3). The number of aryl methyl sites for hydroxylation is 2. The normalized spacial score (nSPS) is 16.0. The minimum absolute atomic E-state index is 0.00760. The van der Waals surface area contributed by atoms with Crippen molar-refractivity contribution >= 4 is 22.2 Å². The Morgan fingerprint density at radius 2 is 1.88 bits per heavy atom. The number of rotatable bonds is 8. The SMILES string of the molecule is Cc1ccc(N(CC(C)C)S(=O)(=O)c2ccc(OCC3CNCCO3)cc2)c(C)c1.O=CO. The molecule has 1 unspecified atom stereocenters. The minimum Gasteiger partial charge on any atom is -0.491 e. The number of ether oxygens (including phenoxy) is 2. The van der Waals surface area contributed by atoms with Crippen molar-refractivity contribution in [2.24, 2.45) is 5.92 Å². The maximum absolute atomic E-state index is 13.5. The van der Waals surface area contributed by atoms with Crippen LogP contribution in [0.2, 0.25) is 0 Å². The molecule has 0 bridgehead atoms. The molecule has 0 amide bonds. The van der Waals surface area contributed by atoms with Crippen molar-refractivity contribution < 1.29 is 27.8 Å². The molecule has 0 spiro atoms. The molecule has 0 radical (unpaired) electrons. The van der Waals surface area contributed by atoms with Gasteiger partial charge in [-0.25, -0.2) is 8.42 Å². The van der Waals surface area contributed by atoms with E-state index >= 15 is 0 Å². The van der Waals surface area contributed by atoms with Gasteiger partial charge in [-0.1, -0.05) is 31.5 Å². The van der Waals surface area contributed by atoms with Gasteiger partial charge in [-0.2, -0.15) is 0 Å². The molecule has 0 aliphatic carbocycles. The fraction of sp³-hybridized carbons (Fsp3) is 0.458. The number of nitrogens with zero attached hydrogens (tertiary/aromatic N) is 1. The van der Waals surface area contributed by atoms with Gasteiger partial charge >= 0.3 is 0 Å². The van der Waals surface area contributed by atoms with Crippen LogP contribution in [0.25, 0.3) is 0 Å². The molecule has 2 aromatic carbocycles. The second-order valence-corrected chi connectivity index (χ2v) is 10.2. The Kier molecular flexibility index (Phi) is 10.1. The maximum atomic E-state index is 13.5. The average Bonchev–Trinajstić information content (AvgIpc) is 2.78. The molecule has 9 heteroatoms. The number of nitrogens with one attached hydrogen (secondary N) is 1. The summed E-state index contributed by atoms with van der Waals surface area (Å²) >= 11 is 0. The Morgan fingerprint density at radius 1 is 1.21 bits per heavy atom. The number of hydrogen-bond acceptors (Lipinski definition) is 6. The van der Waals surface area contributed by atoms with E-state index < -0.39 is 10.0 Å². The summed E-state index contributed by atoms with van der Waals surface area (Å²) in [5.74, 6) is 0.817. The van der Waals surface area contributed by atoms with E-state index in [-0.39, 0.29) is 23.4 Å². The lowest BCUT2D eigenvalue weighted by molar-refractivity contribution is -0.122. The van der Waals surface area contributed by atoms with Gasteiger partial charge in [0.1, 0.15) is 18.5 Å². The van der Waals surface area contributed by atoms with Crippen LogP contribution in [0.4, 0.5) is 5.69 Å². The van der Waals surface area contributed by atoms with E-state index in [1.165, 1.54) is 4.31 Å². The van der Waals surface area contributed by atoms with Crippen molar-refractivity contribution in [1.82, 2.24) is 5.32 Å². The van der Waals surface area contributed by atoms with Gasteiger partial charge in [0.05, 0.1) is 17.2 Å². The van der Waals surface area contributed by atoms with Gasteiger partial charge in [-0.15, -0.1) is 0 Å². The third kappa shape index (κ3) is 7.73. The fourth-order valence-corrected chi connectivity index (χ4v) is 5.19. The molecule has 2 aromatic rings. The highest BCUT2D eigenvalue weighted by Crippen LogP contribution is 2.29. The third-order valence-corrected chi connectivity index (χ3v) is 6.80. The lowest BCUT2D eigenvalue weighted by atomic mass is 10.1. The van der Waals surface area contributed by atoms with Crippen molar-refractivity contribution in [3.63, 3.8) is 0 Å². The number of benzene rings is 2. The molecule has 0 saturated carbocycles. The van der Waals surface area contributed by atoms with E-state index in [1.54, 1.807) is 24.3 Å². The molecule has 2 N–H and O–H groups in total. The second-order valence-electron chi connectivity index (χ2n) is 8.30. The Balaban J connectivity index is 0.00000122. The Labute approximate surface area is 196 Å². The van der Waals surface area contributed by atoms with Crippen molar-refractivity contribution in [2.75, 3.05) is 37.2 Å². The molecule has 1 atom stereocenters. The second kappa shape index (κ2) is 12.6. The Hall–Kier alpha value is -2.62. The summed E-state index contributed by atoms with van der Waals surface area (Å²) in [6, 6.07) is 12.5. The van der Waals surface area contributed by atoms with Gasteiger partial charge in [-0.05, 0) is 55.7 Å². The van der Waals surface area contributed by atoms with Gasteiger partial charge in [0, 0.05) is 19.6 Å². The number of sulfonamides is 1. The first-order chi connectivity index (χ1) is 15.7. The van der Waals surface area contributed by atoms with Crippen LogP contribution >= 0.6 is 0 Å². The number of hydrogen-bond donors (Lipinski definition) is 2. The van der Waals surface area contributed by atoms with Crippen molar-refractivity contribution in [3.8, 4) is 5.75 Å². The number of carbonyl (C=O) groups is 1. The van der Waals surface area contributed by atoms with Gasteiger partial charge in [0.2, 0.25) is 0 Å². The van der Waals surface area contributed by atoms with E-state index in [1.807, 2.05) is 45.9 Å². The van der Waals surface area contributed by atoms with Crippen LogP contribution < -0.4 is 14.4 Å². The molecule has 182 valence electrons. The quantitative estimate of drug-likeness (QED) is 0.561. The molecular weight excluding hydrogens is 444 g/mol. The molecular formula is C24H34N2O6S. The van der Waals surface area contributed by atoms with Crippen LogP contribution in [0, 0.1) is 19.8 Å². The summed E-state index contributed by atoms with van der Waals surface area (Å²) in [4.78, 5) is 8.62. The van der Waals surface area contributed by atoms with Crippen LogP contribution in [0.3, 0.4) is 0 Å². The van der Waals surface area contributed by atoms with Crippen LogP contribution in [0.1, 0.15) is 25.0 Å². The summed E-state index contributed by atoms with van der Waals surface area (Å²) in [7, 11) is -3.69. The lowest BCUT2D eigenvalue weighted by Crippen LogP contribution is -2.41. The smallest absolute Gasteiger partial charge is 0.290 e.